The van der Waals surface area contributed by atoms with Crippen LogP contribution in [0.25, 0.3) is 11.3 Å². The minimum atomic E-state index is -0.631. The van der Waals surface area contributed by atoms with Crippen molar-refractivity contribution >= 4 is 17.2 Å². The Bertz CT molecular complexity index is 860. The van der Waals surface area contributed by atoms with Gasteiger partial charge in [0, 0.05) is 23.7 Å². The van der Waals surface area contributed by atoms with Gasteiger partial charge in [-0.25, -0.2) is 0 Å². The lowest BCUT2D eigenvalue weighted by Gasteiger charge is -2.25. The number of carbonyl (C=O) groups excluding carboxylic acids is 1. The minimum absolute atomic E-state index is 0.181. The number of nitrogens with zero attached hydrogens (tertiary/aromatic N) is 2. The molecule has 1 aliphatic heterocycles. The maximum atomic E-state index is 12.2. The van der Waals surface area contributed by atoms with Crippen LogP contribution in [0.5, 0.6) is 11.5 Å². The molecule has 1 unspecified atom stereocenters. The van der Waals surface area contributed by atoms with Crippen LogP contribution in [-0.4, -0.2) is 34.9 Å². The summed E-state index contributed by atoms with van der Waals surface area (Å²) in [4.78, 5) is 12.2. The lowest BCUT2D eigenvalue weighted by molar-refractivity contribution is -0.130. The van der Waals surface area contributed by atoms with Crippen LogP contribution in [0.3, 0.4) is 0 Å². The highest BCUT2D eigenvalue weighted by Gasteiger charge is 2.26. The van der Waals surface area contributed by atoms with Gasteiger partial charge in [0.2, 0.25) is 6.10 Å². The van der Waals surface area contributed by atoms with Crippen molar-refractivity contribution < 1.29 is 14.3 Å². The topological polar surface area (TPSA) is 65.4 Å². The van der Waals surface area contributed by atoms with Crippen molar-refractivity contribution in [3.8, 4) is 22.8 Å². The summed E-state index contributed by atoms with van der Waals surface area (Å²) in [6.45, 7) is 1.29. The van der Waals surface area contributed by atoms with E-state index in [1.807, 2.05) is 46.6 Å². The summed E-state index contributed by atoms with van der Waals surface area (Å²) in [6.07, 6.45) is 1.28. The molecule has 1 amide bonds. The summed E-state index contributed by atoms with van der Waals surface area (Å²) in [5.41, 5.74) is 2.05. The molecule has 0 bridgehead atoms. The Labute approximate surface area is 149 Å². The molecule has 0 saturated heterocycles. The number of thiophene rings is 1. The maximum Gasteiger partial charge on any atom is 0.264 e. The van der Waals surface area contributed by atoms with Crippen LogP contribution in [-0.2, 0) is 11.3 Å². The number of rotatable bonds is 5. The third-order valence-corrected chi connectivity index (χ3v) is 4.58. The van der Waals surface area contributed by atoms with E-state index in [1.165, 1.54) is 0 Å². The number of ether oxygens (including phenoxy) is 2. The van der Waals surface area contributed by atoms with Crippen molar-refractivity contribution in [3.63, 3.8) is 0 Å². The number of nitrogens with one attached hydrogen (secondary N) is 1. The fraction of sp³-hybridized carbons (Fsp3) is 0.222. The second-order valence-corrected chi connectivity index (χ2v) is 6.41. The van der Waals surface area contributed by atoms with Crippen LogP contribution in [0.15, 0.2) is 53.4 Å². The minimum Gasteiger partial charge on any atom is -0.485 e. The first-order valence-electron chi connectivity index (χ1n) is 8.02. The molecule has 0 aliphatic carbocycles. The molecule has 1 N–H and O–H groups in total. The van der Waals surface area contributed by atoms with Crippen LogP contribution in [0.4, 0.5) is 0 Å². The third kappa shape index (κ3) is 3.51. The Balaban J connectivity index is 1.28. The third-order valence-electron chi connectivity index (χ3n) is 3.90. The van der Waals surface area contributed by atoms with Gasteiger partial charge < -0.3 is 14.8 Å². The zero-order valence-corrected chi connectivity index (χ0v) is 14.2. The number of amides is 1. The van der Waals surface area contributed by atoms with Crippen LogP contribution >= 0.6 is 11.3 Å². The first-order chi connectivity index (χ1) is 12.3. The SMILES string of the molecule is O=C(NCCn1ccc(-c2ccsc2)n1)C1COc2ccccc2O1. The van der Waals surface area contributed by atoms with Gasteiger partial charge in [0.1, 0.15) is 6.61 Å². The molecule has 1 aromatic carbocycles. The van der Waals surface area contributed by atoms with E-state index in [1.54, 1.807) is 17.4 Å². The number of para-hydroxylation sites is 2. The Morgan fingerprint density at radius 1 is 1.28 bits per heavy atom. The van der Waals surface area contributed by atoms with E-state index in [2.05, 4.69) is 15.8 Å². The number of hydrogen-bond acceptors (Lipinski definition) is 5. The average molecular weight is 355 g/mol. The molecular weight excluding hydrogens is 338 g/mol. The second kappa shape index (κ2) is 6.98. The highest BCUT2D eigenvalue weighted by molar-refractivity contribution is 7.08. The van der Waals surface area contributed by atoms with Gasteiger partial charge in [0.05, 0.1) is 12.2 Å². The molecule has 3 aromatic rings. The van der Waals surface area contributed by atoms with Crippen LogP contribution in [0.2, 0.25) is 0 Å². The normalized spacial score (nSPS) is 15.8. The Hall–Kier alpha value is -2.80. The fourth-order valence-corrected chi connectivity index (χ4v) is 3.26. The first kappa shape index (κ1) is 15.7. The van der Waals surface area contributed by atoms with Gasteiger partial charge in [0.25, 0.3) is 5.91 Å². The second-order valence-electron chi connectivity index (χ2n) is 5.63. The van der Waals surface area contributed by atoms with Crippen molar-refractivity contribution in [2.24, 2.45) is 0 Å². The zero-order chi connectivity index (χ0) is 17.1. The van der Waals surface area contributed by atoms with Crippen molar-refractivity contribution in [2.45, 2.75) is 12.6 Å². The molecular formula is C18H17N3O3S. The summed E-state index contributed by atoms with van der Waals surface area (Å²) in [5, 5.41) is 11.5. The van der Waals surface area contributed by atoms with E-state index < -0.39 is 6.10 Å². The van der Waals surface area contributed by atoms with Crippen molar-refractivity contribution in [2.75, 3.05) is 13.2 Å². The summed E-state index contributed by atoms with van der Waals surface area (Å²) in [5.74, 6) is 1.09. The number of carbonyl (C=O) groups is 1. The largest absolute Gasteiger partial charge is 0.485 e. The van der Waals surface area contributed by atoms with Crippen LogP contribution < -0.4 is 14.8 Å². The first-order valence-corrected chi connectivity index (χ1v) is 8.96. The van der Waals surface area contributed by atoms with E-state index in [4.69, 9.17) is 9.47 Å². The number of fused-ring (bicyclic) bond motifs is 1. The van der Waals surface area contributed by atoms with Crippen molar-refractivity contribution in [1.82, 2.24) is 15.1 Å². The van der Waals surface area contributed by atoms with Gasteiger partial charge in [-0.1, -0.05) is 12.1 Å². The van der Waals surface area contributed by atoms with Gasteiger partial charge in [-0.3, -0.25) is 9.48 Å². The number of aromatic nitrogens is 2. The molecule has 1 aliphatic rings. The molecule has 128 valence electrons. The predicted octanol–water partition coefficient (Wildman–Crippen LogP) is 2.57. The standard InChI is InChI=1S/C18H17N3O3S/c22-18(17-11-23-15-3-1-2-4-16(15)24-17)19-7-9-21-8-5-14(20-21)13-6-10-25-12-13/h1-6,8,10,12,17H,7,9,11H2,(H,19,22). The lowest BCUT2D eigenvalue weighted by atomic mass is 10.2. The zero-order valence-electron chi connectivity index (χ0n) is 13.4. The lowest BCUT2D eigenvalue weighted by Crippen LogP contribution is -2.44. The quantitative estimate of drug-likeness (QED) is 0.764. The highest BCUT2D eigenvalue weighted by Crippen LogP contribution is 2.30. The summed E-state index contributed by atoms with van der Waals surface area (Å²) >= 11 is 1.64. The predicted molar refractivity (Wildman–Crippen MR) is 94.9 cm³/mol. The van der Waals surface area contributed by atoms with Gasteiger partial charge in [0.15, 0.2) is 11.5 Å². The molecule has 25 heavy (non-hydrogen) atoms. The van der Waals surface area contributed by atoms with Crippen LogP contribution in [0, 0.1) is 0 Å². The Morgan fingerprint density at radius 2 is 2.16 bits per heavy atom. The smallest absolute Gasteiger partial charge is 0.264 e. The van der Waals surface area contributed by atoms with E-state index in [-0.39, 0.29) is 12.5 Å². The average Bonchev–Trinajstić information content (AvgIpc) is 3.32. The van der Waals surface area contributed by atoms with Crippen molar-refractivity contribution in [1.29, 1.82) is 0 Å². The summed E-state index contributed by atoms with van der Waals surface area (Å²) < 4.78 is 13.1. The molecule has 4 rings (SSSR count). The summed E-state index contributed by atoms with van der Waals surface area (Å²) in [6, 6.07) is 11.4. The van der Waals surface area contributed by atoms with Crippen LogP contribution in [0.1, 0.15) is 0 Å². The Morgan fingerprint density at radius 3 is 3.00 bits per heavy atom. The molecule has 0 saturated carbocycles. The van der Waals surface area contributed by atoms with Gasteiger partial charge >= 0.3 is 0 Å². The fourth-order valence-electron chi connectivity index (χ4n) is 2.61. The van der Waals surface area contributed by atoms with E-state index in [0.29, 0.717) is 24.6 Å². The van der Waals surface area contributed by atoms with E-state index in [9.17, 15) is 4.79 Å². The molecule has 6 nitrogen and oxygen atoms in total. The summed E-state index contributed by atoms with van der Waals surface area (Å²) in [7, 11) is 0. The van der Waals surface area contributed by atoms with Crippen molar-refractivity contribution in [3.05, 3.63) is 53.4 Å². The van der Waals surface area contributed by atoms with E-state index >= 15 is 0 Å². The number of benzene rings is 1. The van der Waals surface area contributed by atoms with Gasteiger partial charge in [-0.05, 0) is 29.6 Å². The van der Waals surface area contributed by atoms with E-state index in [0.717, 1.165) is 11.3 Å². The molecule has 3 heterocycles. The molecule has 7 heteroatoms. The highest BCUT2D eigenvalue weighted by atomic mass is 32.1. The molecule has 2 aromatic heterocycles. The maximum absolute atomic E-state index is 12.2. The molecule has 0 spiro atoms. The van der Waals surface area contributed by atoms with Gasteiger partial charge in [-0.2, -0.15) is 16.4 Å². The number of hydrogen-bond donors (Lipinski definition) is 1. The molecule has 0 radical (unpaired) electrons. The van der Waals surface area contributed by atoms with Gasteiger partial charge in [-0.15, -0.1) is 0 Å². The Kier molecular flexibility index (Phi) is 4.39. The monoisotopic (exact) mass is 355 g/mol. The molecule has 0 fully saturated rings. The molecule has 1 atom stereocenters.